The molecule has 0 aliphatic rings. The van der Waals surface area contributed by atoms with E-state index in [4.69, 9.17) is 5.73 Å². The van der Waals surface area contributed by atoms with Gasteiger partial charge in [-0.1, -0.05) is 6.92 Å². The van der Waals surface area contributed by atoms with Crippen molar-refractivity contribution in [3.63, 3.8) is 0 Å². The van der Waals surface area contributed by atoms with Gasteiger partial charge in [-0.15, -0.1) is 11.3 Å². The largest absolute Gasteiger partial charge is 0.361 e. The molecule has 1 rings (SSSR count). The Hall–Kier alpha value is -0.610. The Morgan fingerprint density at radius 2 is 2.46 bits per heavy atom. The Balaban J connectivity index is 2.28. The minimum Gasteiger partial charge on any atom is -0.361 e. The summed E-state index contributed by atoms with van der Waals surface area (Å²) in [6.45, 7) is 5.04. The molecule has 3 nitrogen and oxygen atoms in total. The Morgan fingerprint density at radius 3 is 3.00 bits per heavy atom. The summed E-state index contributed by atoms with van der Waals surface area (Å²) in [7, 11) is 0. The first-order valence-electron chi connectivity index (χ1n) is 4.66. The first-order valence-corrected chi connectivity index (χ1v) is 5.54. The van der Waals surface area contributed by atoms with Crippen LogP contribution in [0.1, 0.15) is 26.0 Å². The standard InChI is InChI=1S/C9H17N3S/c1-3-8-6-13-9(12-8)11-5-4-7(2)10/h6-7H,3-5,10H2,1-2H3,(H,11,12). The number of nitrogens with two attached hydrogens (primary N) is 1. The van der Waals surface area contributed by atoms with Crippen LogP contribution in [0.25, 0.3) is 0 Å². The van der Waals surface area contributed by atoms with Gasteiger partial charge in [-0.3, -0.25) is 0 Å². The van der Waals surface area contributed by atoms with Crippen molar-refractivity contribution >= 4 is 16.5 Å². The van der Waals surface area contributed by atoms with Crippen molar-refractivity contribution in [2.24, 2.45) is 5.73 Å². The van der Waals surface area contributed by atoms with Crippen LogP contribution < -0.4 is 11.1 Å². The lowest BCUT2D eigenvalue weighted by Gasteiger charge is -2.04. The zero-order valence-electron chi connectivity index (χ0n) is 8.21. The van der Waals surface area contributed by atoms with Crippen LogP contribution in [0.2, 0.25) is 0 Å². The molecule has 0 aromatic carbocycles. The van der Waals surface area contributed by atoms with E-state index in [1.54, 1.807) is 11.3 Å². The Morgan fingerprint density at radius 1 is 1.69 bits per heavy atom. The molecule has 0 fully saturated rings. The lowest BCUT2D eigenvalue weighted by molar-refractivity contribution is 0.690. The maximum Gasteiger partial charge on any atom is 0.182 e. The van der Waals surface area contributed by atoms with Crippen LogP contribution in [-0.4, -0.2) is 17.6 Å². The van der Waals surface area contributed by atoms with Gasteiger partial charge in [0.15, 0.2) is 5.13 Å². The van der Waals surface area contributed by atoms with Gasteiger partial charge in [0, 0.05) is 18.0 Å². The van der Waals surface area contributed by atoms with E-state index < -0.39 is 0 Å². The molecule has 0 radical (unpaired) electrons. The highest BCUT2D eigenvalue weighted by Gasteiger charge is 1.99. The number of hydrogen-bond donors (Lipinski definition) is 2. The van der Waals surface area contributed by atoms with Crippen LogP contribution in [0.15, 0.2) is 5.38 Å². The highest BCUT2D eigenvalue weighted by atomic mass is 32.1. The minimum absolute atomic E-state index is 0.262. The Bertz CT molecular complexity index is 245. The molecule has 0 saturated heterocycles. The predicted octanol–water partition coefficient (Wildman–Crippen LogP) is 1.85. The number of nitrogens with one attached hydrogen (secondary N) is 1. The highest BCUT2D eigenvalue weighted by molar-refractivity contribution is 7.13. The summed E-state index contributed by atoms with van der Waals surface area (Å²) >= 11 is 1.66. The van der Waals surface area contributed by atoms with Crippen molar-refractivity contribution in [1.82, 2.24) is 4.98 Å². The Kier molecular flexibility index (Phi) is 4.18. The summed E-state index contributed by atoms with van der Waals surface area (Å²) < 4.78 is 0. The molecule has 0 amide bonds. The summed E-state index contributed by atoms with van der Waals surface area (Å²) in [5.74, 6) is 0. The smallest absolute Gasteiger partial charge is 0.182 e. The number of aromatic nitrogens is 1. The second kappa shape index (κ2) is 5.19. The van der Waals surface area contributed by atoms with Gasteiger partial charge in [-0.2, -0.15) is 0 Å². The van der Waals surface area contributed by atoms with E-state index in [9.17, 15) is 0 Å². The third-order valence-corrected chi connectivity index (χ3v) is 2.64. The van der Waals surface area contributed by atoms with Crippen molar-refractivity contribution in [1.29, 1.82) is 0 Å². The number of nitrogens with zero attached hydrogens (tertiary/aromatic N) is 1. The van der Waals surface area contributed by atoms with E-state index in [1.807, 2.05) is 6.92 Å². The van der Waals surface area contributed by atoms with Crippen LogP contribution in [0.3, 0.4) is 0 Å². The molecule has 1 unspecified atom stereocenters. The van der Waals surface area contributed by atoms with Gasteiger partial charge in [0.25, 0.3) is 0 Å². The lowest BCUT2D eigenvalue weighted by Crippen LogP contribution is -2.19. The third-order valence-electron chi connectivity index (χ3n) is 1.79. The second-order valence-corrected chi connectivity index (χ2v) is 4.05. The average molecular weight is 199 g/mol. The van der Waals surface area contributed by atoms with Crippen molar-refractivity contribution in [2.75, 3.05) is 11.9 Å². The Labute approximate surface area is 83.4 Å². The second-order valence-electron chi connectivity index (χ2n) is 3.19. The zero-order valence-corrected chi connectivity index (χ0v) is 9.03. The monoisotopic (exact) mass is 199 g/mol. The number of rotatable bonds is 5. The topological polar surface area (TPSA) is 50.9 Å². The molecule has 4 heteroatoms. The minimum atomic E-state index is 0.262. The molecule has 1 aromatic rings. The molecule has 0 spiro atoms. The molecule has 0 aliphatic carbocycles. The molecule has 0 aliphatic heterocycles. The van der Waals surface area contributed by atoms with E-state index in [1.165, 1.54) is 0 Å². The van der Waals surface area contributed by atoms with Crippen LogP contribution in [0.5, 0.6) is 0 Å². The molecule has 1 aromatic heterocycles. The molecule has 13 heavy (non-hydrogen) atoms. The van der Waals surface area contributed by atoms with Crippen molar-refractivity contribution in [2.45, 2.75) is 32.7 Å². The molecule has 1 atom stereocenters. The van der Waals surface area contributed by atoms with Gasteiger partial charge >= 0.3 is 0 Å². The predicted molar refractivity (Wildman–Crippen MR) is 58.2 cm³/mol. The van der Waals surface area contributed by atoms with Crippen molar-refractivity contribution < 1.29 is 0 Å². The summed E-state index contributed by atoms with van der Waals surface area (Å²) in [4.78, 5) is 4.39. The first kappa shape index (κ1) is 10.5. The van der Waals surface area contributed by atoms with Crippen LogP contribution in [0.4, 0.5) is 5.13 Å². The molecule has 74 valence electrons. The van der Waals surface area contributed by atoms with Crippen LogP contribution in [0, 0.1) is 0 Å². The maximum absolute atomic E-state index is 5.63. The van der Waals surface area contributed by atoms with Gasteiger partial charge in [0.05, 0.1) is 5.69 Å². The van der Waals surface area contributed by atoms with E-state index in [0.717, 1.165) is 30.2 Å². The number of thiazole rings is 1. The van der Waals surface area contributed by atoms with Gasteiger partial charge in [-0.25, -0.2) is 4.98 Å². The SMILES string of the molecule is CCc1csc(NCCC(C)N)n1. The van der Waals surface area contributed by atoms with Crippen LogP contribution >= 0.6 is 11.3 Å². The van der Waals surface area contributed by atoms with E-state index in [0.29, 0.717) is 0 Å². The van der Waals surface area contributed by atoms with Gasteiger partial charge in [0.1, 0.15) is 0 Å². The summed E-state index contributed by atoms with van der Waals surface area (Å²) in [5.41, 5.74) is 6.79. The summed E-state index contributed by atoms with van der Waals surface area (Å²) in [6.07, 6.45) is 1.99. The quantitative estimate of drug-likeness (QED) is 0.761. The zero-order chi connectivity index (χ0) is 9.68. The van der Waals surface area contributed by atoms with Gasteiger partial charge < -0.3 is 11.1 Å². The van der Waals surface area contributed by atoms with E-state index in [-0.39, 0.29) is 6.04 Å². The number of aryl methyl sites for hydroxylation is 1. The normalized spacial score (nSPS) is 12.8. The third kappa shape index (κ3) is 3.74. The van der Waals surface area contributed by atoms with Crippen LogP contribution in [-0.2, 0) is 6.42 Å². The van der Waals surface area contributed by atoms with Crippen molar-refractivity contribution in [3.8, 4) is 0 Å². The molecule has 0 bridgehead atoms. The van der Waals surface area contributed by atoms with E-state index in [2.05, 4.69) is 22.6 Å². The van der Waals surface area contributed by atoms with Crippen molar-refractivity contribution in [3.05, 3.63) is 11.1 Å². The fourth-order valence-corrected chi connectivity index (χ4v) is 1.78. The lowest BCUT2D eigenvalue weighted by atomic mass is 10.2. The molecule has 1 heterocycles. The molecular formula is C9H17N3S. The average Bonchev–Trinajstić information content (AvgIpc) is 2.52. The molecular weight excluding hydrogens is 182 g/mol. The molecule has 0 saturated carbocycles. The highest BCUT2D eigenvalue weighted by Crippen LogP contribution is 2.15. The summed E-state index contributed by atoms with van der Waals surface area (Å²) in [5, 5.41) is 6.36. The van der Waals surface area contributed by atoms with Gasteiger partial charge in [0.2, 0.25) is 0 Å². The fraction of sp³-hybridized carbons (Fsp3) is 0.667. The molecule has 3 N–H and O–H groups in total. The first-order chi connectivity index (χ1) is 6.22. The maximum atomic E-state index is 5.63. The number of hydrogen-bond acceptors (Lipinski definition) is 4. The van der Waals surface area contributed by atoms with Gasteiger partial charge in [-0.05, 0) is 19.8 Å². The summed E-state index contributed by atoms with van der Waals surface area (Å²) in [6, 6.07) is 0.262. The number of anilines is 1. The fourth-order valence-electron chi connectivity index (χ4n) is 0.957. The van der Waals surface area contributed by atoms with E-state index >= 15 is 0 Å².